The molecule has 14 heteroatoms. The van der Waals surface area contributed by atoms with Gasteiger partial charge in [-0.15, -0.1) is 0 Å². The second-order valence-electron chi connectivity index (χ2n) is 11.3. The minimum Gasteiger partial charge on any atom is -0.507 e. The fraction of sp³-hybridized carbons (Fsp3) is 0.171. The van der Waals surface area contributed by atoms with Gasteiger partial charge in [-0.1, -0.05) is 24.3 Å². The zero-order chi connectivity index (χ0) is 34.7. The maximum atomic E-state index is 14.5. The van der Waals surface area contributed by atoms with E-state index in [4.69, 9.17) is 0 Å². The Bertz CT molecular complexity index is 2110. The van der Waals surface area contributed by atoms with Crippen LogP contribution in [-0.2, 0) is 22.6 Å². The van der Waals surface area contributed by atoms with Crippen molar-refractivity contribution in [1.29, 1.82) is 0 Å². The molecule has 10 nitrogen and oxygen atoms in total. The average Bonchev–Trinajstić information content (AvgIpc) is 3.66. The third kappa shape index (κ3) is 7.12. The van der Waals surface area contributed by atoms with Crippen LogP contribution in [0.1, 0.15) is 22.3 Å². The summed E-state index contributed by atoms with van der Waals surface area (Å²) < 4.78 is 59.1. The van der Waals surface area contributed by atoms with Crippen LogP contribution < -0.4 is 10.5 Å². The maximum Gasteiger partial charge on any atom is 0.294 e. The van der Waals surface area contributed by atoms with Crippen LogP contribution in [0, 0.1) is 23.3 Å². The summed E-state index contributed by atoms with van der Waals surface area (Å²) in [4.78, 5) is 46.8. The zero-order valence-electron chi connectivity index (χ0n) is 25.8. The first kappa shape index (κ1) is 32.9. The van der Waals surface area contributed by atoms with Gasteiger partial charge in [-0.2, -0.15) is 5.10 Å². The average molecular weight is 673 g/mol. The maximum absolute atomic E-state index is 14.5. The van der Waals surface area contributed by atoms with Gasteiger partial charge >= 0.3 is 0 Å². The van der Waals surface area contributed by atoms with Crippen LogP contribution in [0.15, 0.2) is 96.5 Å². The first-order chi connectivity index (χ1) is 23.6. The molecule has 1 aliphatic heterocycles. The molecule has 0 atom stereocenters. The fourth-order valence-corrected chi connectivity index (χ4v) is 5.57. The van der Waals surface area contributed by atoms with Crippen molar-refractivity contribution in [2.24, 2.45) is 0 Å². The monoisotopic (exact) mass is 672 g/mol. The highest BCUT2D eigenvalue weighted by Crippen LogP contribution is 2.22. The summed E-state index contributed by atoms with van der Waals surface area (Å²) >= 11 is 0. The van der Waals surface area contributed by atoms with Gasteiger partial charge in [-0.05, 0) is 53.6 Å². The van der Waals surface area contributed by atoms with Gasteiger partial charge in [-0.25, -0.2) is 27.2 Å². The molecule has 1 N–H and O–H groups in total. The molecule has 0 spiro atoms. The number of rotatable bonds is 9. The van der Waals surface area contributed by atoms with Gasteiger partial charge in [0.05, 0.1) is 17.8 Å². The van der Waals surface area contributed by atoms with Crippen molar-refractivity contribution in [2.45, 2.75) is 13.0 Å². The topological polar surface area (TPSA) is 114 Å². The molecule has 49 heavy (non-hydrogen) atoms. The quantitative estimate of drug-likeness (QED) is 0.0810. The van der Waals surface area contributed by atoms with Gasteiger partial charge in [0.1, 0.15) is 24.2 Å². The number of aliphatic hydroxyl groups excluding tert-OH is 1. The third-order valence-corrected chi connectivity index (χ3v) is 8.17. The van der Waals surface area contributed by atoms with Crippen molar-refractivity contribution < 1.29 is 32.3 Å². The molecular weight excluding hydrogens is 644 g/mol. The Hall–Kier alpha value is -6.05. The molecular formula is C35H28F4N6O4. The van der Waals surface area contributed by atoms with Gasteiger partial charge in [0, 0.05) is 56.1 Å². The Kier molecular flexibility index (Phi) is 9.38. The van der Waals surface area contributed by atoms with Gasteiger partial charge < -0.3 is 19.5 Å². The van der Waals surface area contributed by atoms with Crippen molar-refractivity contribution in [1.82, 2.24) is 24.2 Å². The number of hydrogen-bond donors (Lipinski definition) is 1. The Morgan fingerprint density at radius 1 is 0.837 bits per heavy atom. The predicted molar refractivity (Wildman–Crippen MR) is 171 cm³/mol. The number of aromatic nitrogens is 4. The smallest absolute Gasteiger partial charge is 0.294 e. The Labute approximate surface area is 276 Å². The molecule has 0 radical (unpaired) electrons. The SMILES string of the molecule is O=C(/C=C(/O)c1cc(Cc2ccc(F)c(F)c2F)cn(Cc2ccccc2F)c1=O)C(=O)N1CCN(c2ccc(-n3cncn3)cc2)CC1. The van der Waals surface area contributed by atoms with Crippen molar-refractivity contribution in [3.63, 3.8) is 0 Å². The molecule has 0 saturated carbocycles. The van der Waals surface area contributed by atoms with E-state index in [1.165, 1.54) is 35.6 Å². The van der Waals surface area contributed by atoms with Crippen molar-refractivity contribution in [3.05, 3.63) is 148 Å². The second kappa shape index (κ2) is 14.0. The number of ketones is 1. The molecule has 1 amide bonds. The van der Waals surface area contributed by atoms with Crippen LogP contribution in [0.25, 0.3) is 11.4 Å². The molecule has 0 bridgehead atoms. The predicted octanol–water partition coefficient (Wildman–Crippen LogP) is 4.44. The van der Waals surface area contributed by atoms with E-state index in [2.05, 4.69) is 10.1 Å². The van der Waals surface area contributed by atoms with Gasteiger partial charge in [0.25, 0.3) is 11.5 Å². The van der Waals surface area contributed by atoms with Crippen molar-refractivity contribution in [2.75, 3.05) is 31.1 Å². The normalized spacial score (nSPS) is 13.5. The molecule has 6 rings (SSSR count). The molecule has 2 aromatic heterocycles. The number of halogens is 4. The number of pyridine rings is 1. The summed E-state index contributed by atoms with van der Waals surface area (Å²) in [5.74, 6) is -7.92. The molecule has 3 aromatic carbocycles. The van der Waals surface area contributed by atoms with E-state index in [9.17, 15) is 37.1 Å². The van der Waals surface area contributed by atoms with Crippen LogP contribution in [0.2, 0.25) is 0 Å². The number of amides is 1. The molecule has 0 unspecified atom stereocenters. The Morgan fingerprint density at radius 2 is 1.55 bits per heavy atom. The first-order valence-electron chi connectivity index (χ1n) is 15.1. The van der Waals surface area contributed by atoms with Gasteiger partial charge in [0.2, 0.25) is 5.78 Å². The number of anilines is 1. The molecule has 0 aliphatic carbocycles. The van der Waals surface area contributed by atoms with Crippen LogP contribution in [0.3, 0.4) is 0 Å². The van der Waals surface area contributed by atoms with Crippen LogP contribution in [-0.4, -0.2) is 67.2 Å². The van der Waals surface area contributed by atoms with E-state index >= 15 is 0 Å². The number of benzene rings is 3. The standard InChI is InChI=1S/C35H28F4N6O4/c36-28-4-2-1-3-24(28)19-44-18-22(15-23-5-10-29(37)33(39)32(23)38)16-27(34(44)48)30(46)17-31(47)35(49)43-13-11-42(12-14-43)25-6-8-26(9-7-25)45-21-40-20-41-45/h1-10,16-18,20-21,46H,11-15,19H2/b30-17+. The summed E-state index contributed by atoms with van der Waals surface area (Å²) in [6.45, 7) is 0.991. The lowest BCUT2D eigenvalue weighted by Gasteiger charge is -2.35. The minimum absolute atomic E-state index is 0.117. The highest BCUT2D eigenvalue weighted by atomic mass is 19.2. The Balaban J connectivity index is 1.20. The van der Waals surface area contributed by atoms with Crippen molar-refractivity contribution >= 4 is 23.1 Å². The van der Waals surface area contributed by atoms with Crippen molar-refractivity contribution in [3.8, 4) is 5.69 Å². The first-order valence-corrected chi connectivity index (χ1v) is 15.1. The highest BCUT2D eigenvalue weighted by molar-refractivity contribution is 6.41. The van der Waals surface area contributed by atoms with E-state index in [0.717, 1.165) is 34.1 Å². The van der Waals surface area contributed by atoms with E-state index in [0.29, 0.717) is 19.2 Å². The van der Waals surface area contributed by atoms with Crippen LogP contribution in [0.5, 0.6) is 0 Å². The Morgan fingerprint density at radius 3 is 2.24 bits per heavy atom. The number of aliphatic hydroxyl groups is 1. The van der Waals surface area contributed by atoms with Gasteiger partial charge in [-0.3, -0.25) is 14.4 Å². The minimum atomic E-state index is -1.67. The zero-order valence-corrected chi connectivity index (χ0v) is 25.8. The summed E-state index contributed by atoms with van der Waals surface area (Å²) in [6, 6.07) is 16.2. The van der Waals surface area contributed by atoms with Crippen LogP contribution in [0.4, 0.5) is 23.2 Å². The lowest BCUT2D eigenvalue weighted by Crippen LogP contribution is -2.50. The number of carbonyl (C=O) groups excluding carboxylic acids is 2. The van der Waals surface area contributed by atoms with E-state index in [1.54, 1.807) is 17.1 Å². The summed E-state index contributed by atoms with van der Waals surface area (Å²) in [7, 11) is 0. The number of carbonyl (C=O) groups is 2. The molecule has 3 heterocycles. The highest BCUT2D eigenvalue weighted by Gasteiger charge is 2.26. The lowest BCUT2D eigenvalue weighted by molar-refractivity contribution is -0.142. The summed E-state index contributed by atoms with van der Waals surface area (Å²) in [5, 5.41) is 15.0. The molecule has 1 saturated heterocycles. The van der Waals surface area contributed by atoms with Crippen LogP contribution >= 0.6 is 0 Å². The van der Waals surface area contributed by atoms with E-state index < -0.39 is 51.8 Å². The molecule has 1 aliphatic rings. The van der Waals surface area contributed by atoms with E-state index in [1.807, 2.05) is 29.2 Å². The van der Waals surface area contributed by atoms with Gasteiger partial charge in [0.15, 0.2) is 17.5 Å². The number of hydrogen-bond acceptors (Lipinski definition) is 7. The molecule has 250 valence electrons. The second-order valence-corrected chi connectivity index (χ2v) is 11.3. The number of nitrogens with zero attached hydrogens (tertiary/aromatic N) is 6. The number of piperazine rings is 1. The molecule has 1 fully saturated rings. The molecule has 5 aromatic rings. The summed E-state index contributed by atoms with van der Waals surface area (Å²) in [5.41, 5.74) is 0.489. The fourth-order valence-electron chi connectivity index (χ4n) is 5.57. The largest absolute Gasteiger partial charge is 0.507 e. The third-order valence-electron chi connectivity index (χ3n) is 8.17. The van der Waals surface area contributed by atoms with E-state index in [-0.39, 0.29) is 42.7 Å². The lowest BCUT2D eigenvalue weighted by atomic mass is 10.0. The summed E-state index contributed by atoms with van der Waals surface area (Å²) in [6.07, 6.45) is 4.56.